The van der Waals surface area contributed by atoms with Crippen molar-refractivity contribution in [2.45, 2.75) is 31.1 Å². The number of ketones is 1. The molecule has 0 bridgehead atoms. The number of nitro benzene ring substituents is 1. The lowest BCUT2D eigenvalue weighted by Gasteiger charge is -2.07. The van der Waals surface area contributed by atoms with Gasteiger partial charge in [-0.1, -0.05) is 37.6 Å². The average Bonchev–Trinajstić information content (AvgIpc) is 2.69. The van der Waals surface area contributed by atoms with Crippen molar-refractivity contribution in [1.29, 1.82) is 0 Å². The predicted molar refractivity (Wildman–Crippen MR) is 106 cm³/mol. The van der Waals surface area contributed by atoms with E-state index in [2.05, 4.69) is 6.92 Å². The molecule has 0 unspecified atom stereocenters. The summed E-state index contributed by atoms with van der Waals surface area (Å²) < 4.78 is 28.2. The Morgan fingerprint density at radius 3 is 2.24 bits per heavy atom. The SMILES string of the molecule is CCCCc1ccc(C(=O)COC(=O)c2ccc(S(C)(=O)=O)c([N+](=O)[O-])c2)cc1. The molecule has 0 aliphatic carbocycles. The summed E-state index contributed by atoms with van der Waals surface area (Å²) in [4.78, 5) is 34.1. The topological polar surface area (TPSA) is 121 Å². The third-order valence-corrected chi connectivity index (χ3v) is 5.36. The van der Waals surface area contributed by atoms with E-state index in [4.69, 9.17) is 4.74 Å². The number of carbonyl (C=O) groups is 2. The molecule has 0 saturated carbocycles. The lowest BCUT2D eigenvalue weighted by atomic mass is 10.0. The molecular formula is C20H21NO7S. The van der Waals surface area contributed by atoms with Crippen LogP contribution >= 0.6 is 0 Å². The molecule has 0 aromatic heterocycles. The summed E-state index contributed by atoms with van der Waals surface area (Å²) in [7, 11) is -3.84. The van der Waals surface area contributed by atoms with E-state index in [0.29, 0.717) is 5.56 Å². The molecule has 9 heteroatoms. The molecule has 154 valence electrons. The largest absolute Gasteiger partial charge is 0.454 e. The maximum Gasteiger partial charge on any atom is 0.338 e. The van der Waals surface area contributed by atoms with Crippen molar-refractivity contribution in [2.24, 2.45) is 0 Å². The van der Waals surface area contributed by atoms with Gasteiger partial charge in [-0.15, -0.1) is 0 Å². The number of hydrogen-bond acceptors (Lipinski definition) is 7. The zero-order chi connectivity index (χ0) is 21.6. The summed E-state index contributed by atoms with van der Waals surface area (Å²) in [6.45, 7) is 1.56. The summed E-state index contributed by atoms with van der Waals surface area (Å²) in [5.41, 5.74) is 0.554. The van der Waals surface area contributed by atoms with Crippen LogP contribution in [0.2, 0.25) is 0 Å². The molecule has 0 atom stereocenters. The molecule has 2 aromatic rings. The van der Waals surface area contributed by atoms with Gasteiger partial charge in [-0.25, -0.2) is 13.2 Å². The summed E-state index contributed by atoms with van der Waals surface area (Å²) >= 11 is 0. The van der Waals surface area contributed by atoms with Crippen LogP contribution in [-0.4, -0.2) is 38.0 Å². The van der Waals surface area contributed by atoms with E-state index in [1.54, 1.807) is 12.1 Å². The number of aryl methyl sites for hydroxylation is 1. The first-order valence-corrected chi connectivity index (χ1v) is 10.8. The van der Waals surface area contributed by atoms with Crippen molar-refractivity contribution in [3.8, 4) is 0 Å². The Balaban J connectivity index is 2.07. The highest BCUT2D eigenvalue weighted by molar-refractivity contribution is 7.90. The van der Waals surface area contributed by atoms with Crippen molar-refractivity contribution in [3.63, 3.8) is 0 Å². The molecule has 2 rings (SSSR count). The number of unbranched alkanes of at least 4 members (excludes halogenated alkanes) is 1. The van der Waals surface area contributed by atoms with Crippen LogP contribution in [0.1, 0.15) is 46.0 Å². The highest BCUT2D eigenvalue weighted by Gasteiger charge is 2.24. The van der Waals surface area contributed by atoms with Gasteiger partial charge in [0.25, 0.3) is 5.69 Å². The van der Waals surface area contributed by atoms with E-state index < -0.39 is 43.7 Å². The highest BCUT2D eigenvalue weighted by atomic mass is 32.2. The first kappa shape index (κ1) is 22.2. The Morgan fingerprint density at radius 2 is 1.69 bits per heavy atom. The second kappa shape index (κ2) is 9.42. The van der Waals surface area contributed by atoms with Crippen molar-refractivity contribution in [1.82, 2.24) is 0 Å². The third-order valence-electron chi connectivity index (χ3n) is 4.22. The van der Waals surface area contributed by atoms with Gasteiger partial charge >= 0.3 is 5.97 Å². The van der Waals surface area contributed by atoms with E-state index >= 15 is 0 Å². The van der Waals surface area contributed by atoms with E-state index in [9.17, 15) is 28.1 Å². The summed E-state index contributed by atoms with van der Waals surface area (Å²) in [6, 6.07) is 9.92. The van der Waals surface area contributed by atoms with Crippen molar-refractivity contribution in [3.05, 3.63) is 69.3 Å². The van der Waals surface area contributed by atoms with Gasteiger partial charge in [-0.2, -0.15) is 0 Å². The van der Waals surface area contributed by atoms with Crippen LogP contribution in [0.4, 0.5) is 5.69 Å². The molecule has 0 aliphatic heterocycles. The Labute approximate surface area is 168 Å². The summed E-state index contributed by atoms with van der Waals surface area (Å²) in [5, 5.41) is 11.1. The second-order valence-corrected chi connectivity index (χ2v) is 8.50. The molecule has 0 N–H and O–H groups in total. The molecule has 0 saturated heterocycles. The van der Waals surface area contributed by atoms with Gasteiger partial charge in [0.1, 0.15) is 4.90 Å². The van der Waals surface area contributed by atoms with E-state index in [0.717, 1.165) is 49.3 Å². The van der Waals surface area contributed by atoms with Crippen LogP contribution < -0.4 is 0 Å². The number of nitrogens with zero attached hydrogens (tertiary/aromatic N) is 1. The van der Waals surface area contributed by atoms with Crippen LogP contribution in [0.15, 0.2) is 47.4 Å². The third kappa shape index (κ3) is 5.95. The number of ether oxygens (including phenoxy) is 1. The van der Waals surface area contributed by atoms with Crippen molar-refractivity contribution in [2.75, 3.05) is 12.9 Å². The number of Topliss-reactive ketones (excluding diaryl/α,β-unsaturated/α-hetero) is 1. The lowest BCUT2D eigenvalue weighted by molar-refractivity contribution is -0.387. The van der Waals surface area contributed by atoms with Crippen LogP contribution in [0.5, 0.6) is 0 Å². The number of rotatable bonds is 9. The average molecular weight is 419 g/mol. The Kier molecular flexibility index (Phi) is 7.22. The number of hydrogen-bond donors (Lipinski definition) is 0. The highest BCUT2D eigenvalue weighted by Crippen LogP contribution is 2.25. The predicted octanol–water partition coefficient (Wildman–Crippen LogP) is 3.38. The number of sulfone groups is 1. The molecule has 0 radical (unpaired) electrons. The Hall–Kier alpha value is -3.07. The fourth-order valence-corrected chi connectivity index (χ4v) is 3.47. The molecule has 0 fully saturated rings. The van der Waals surface area contributed by atoms with Gasteiger partial charge in [0.2, 0.25) is 0 Å². The first-order valence-electron chi connectivity index (χ1n) is 8.91. The minimum Gasteiger partial charge on any atom is -0.454 e. The normalized spacial score (nSPS) is 11.1. The maximum atomic E-state index is 12.2. The van der Waals surface area contributed by atoms with Gasteiger partial charge in [0.15, 0.2) is 22.2 Å². The van der Waals surface area contributed by atoms with Gasteiger partial charge in [0, 0.05) is 17.9 Å². The molecule has 0 spiro atoms. The molecular weight excluding hydrogens is 398 g/mol. The molecule has 0 aliphatic rings. The van der Waals surface area contributed by atoms with Crippen LogP contribution in [-0.2, 0) is 21.0 Å². The molecule has 29 heavy (non-hydrogen) atoms. The van der Waals surface area contributed by atoms with Crippen molar-refractivity contribution >= 4 is 27.3 Å². The van der Waals surface area contributed by atoms with Crippen LogP contribution in [0.3, 0.4) is 0 Å². The van der Waals surface area contributed by atoms with E-state index in [1.807, 2.05) is 12.1 Å². The van der Waals surface area contributed by atoms with Gasteiger partial charge in [-0.05, 0) is 30.5 Å². The second-order valence-electron chi connectivity index (χ2n) is 6.51. The Morgan fingerprint density at radius 1 is 1.07 bits per heavy atom. The monoisotopic (exact) mass is 419 g/mol. The number of carbonyl (C=O) groups excluding carboxylic acids is 2. The van der Waals surface area contributed by atoms with Gasteiger partial charge < -0.3 is 4.74 Å². The molecule has 0 amide bonds. The number of esters is 1. The van der Waals surface area contributed by atoms with E-state index in [1.165, 1.54) is 0 Å². The standard InChI is InChI=1S/C20H21NO7S/c1-3-4-5-14-6-8-15(9-7-14)18(22)13-28-20(23)16-10-11-19(29(2,26)27)17(12-16)21(24)25/h6-12H,3-5,13H2,1-2H3. The number of nitro groups is 1. The smallest absolute Gasteiger partial charge is 0.338 e. The van der Waals surface area contributed by atoms with Crippen molar-refractivity contribution < 1.29 is 27.7 Å². The van der Waals surface area contributed by atoms with Crippen LogP contribution in [0, 0.1) is 10.1 Å². The molecule has 8 nitrogen and oxygen atoms in total. The van der Waals surface area contributed by atoms with E-state index in [-0.39, 0.29) is 5.56 Å². The summed E-state index contributed by atoms with van der Waals surface area (Å²) in [6.07, 6.45) is 3.87. The van der Waals surface area contributed by atoms with Gasteiger partial charge in [0.05, 0.1) is 10.5 Å². The van der Waals surface area contributed by atoms with Gasteiger partial charge in [-0.3, -0.25) is 14.9 Å². The number of benzene rings is 2. The molecule has 2 aromatic carbocycles. The molecule has 0 heterocycles. The zero-order valence-electron chi connectivity index (χ0n) is 16.1. The van der Waals surface area contributed by atoms with Crippen LogP contribution in [0.25, 0.3) is 0 Å². The maximum absolute atomic E-state index is 12.2. The zero-order valence-corrected chi connectivity index (χ0v) is 16.9. The minimum absolute atomic E-state index is 0.216. The fraction of sp³-hybridized carbons (Fsp3) is 0.300. The minimum atomic E-state index is -3.84. The quantitative estimate of drug-likeness (QED) is 0.264. The Bertz CT molecular complexity index is 1030. The first-order chi connectivity index (χ1) is 13.6. The fourth-order valence-electron chi connectivity index (χ4n) is 2.64. The summed E-state index contributed by atoms with van der Waals surface area (Å²) in [5.74, 6) is -1.37. The lowest BCUT2D eigenvalue weighted by Crippen LogP contribution is -2.15.